The van der Waals surface area contributed by atoms with E-state index >= 15 is 0 Å². The van der Waals surface area contributed by atoms with E-state index in [9.17, 15) is 0 Å². The van der Waals surface area contributed by atoms with Gasteiger partial charge in [0, 0.05) is 19.1 Å². The number of ether oxygens (including phenoxy) is 1. The second-order valence-corrected chi connectivity index (χ2v) is 5.75. The highest BCUT2D eigenvalue weighted by Crippen LogP contribution is 2.33. The van der Waals surface area contributed by atoms with Gasteiger partial charge in [-0.05, 0) is 19.3 Å². The quantitative estimate of drug-likeness (QED) is 0.517. The monoisotopic (exact) mass is 293 g/mol. The SMILES string of the molecule is CC(CC1CC1)Nc1nc(NN)nc(N2CCOCC2)n1. The van der Waals surface area contributed by atoms with Gasteiger partial charge in [-0.3, -0.25) is 5.43 Å². The summed E-state index contributed by atoms with van der Waals surface area (Å²) in [6.07, 6.45) is 3.85. The second-order valence-electron chi connectivity index (χ2n) is 5.75. The van der Waals surface area contributed by atoms with Crippen molar-refractivity contribution in [1.29, 1.82) is 0 Å². The van der Waals surface area contributed by atoms with Crippen molar-refractivity contribution in [3.63, 3.8) is 0 Å². The summed E-state index contributed by atoms with van der Waals surface area (Å²) < 4.78 is 5.35. The van der Waals surface area contributed by atoms with Gasteiger partial charge >= 0.3 is 0 Å². The van der Waals surface area contributed by atoms with Crippen molar-refractivity contribution in [3.8, 4) is 0 Å². The van der Waals surface area contributed by atoms with Gasteiger partial charge in [-0.25, -0.2) is 5.84 Å². The number of morpholine rings is 1. The first-order chi connectivity index (χ1) is 10.2. The van der Waals surface area contributed by atoms with Crippen LogP contribution in [0.3, 0.4) is 0 Å². The number of nitrogens with zero attached hydrogens (tertiary/aromatic N) is 4. The van der Waals surface area contributed by atoms with E-state index in [0.29, 0.717) is 37.1 Å². The molecule has 1 saturated heterocycles. The Morgan fingerprint density at radius 1 is 1.24 bits per heavy atom. The van der Waals surface area contributed by atoms with Crippen molar-refractivity contribution in [2.75, 3.05) is 41.9 Å². The molecule has 2 fully saturated rings. The molecule has 1 aromatic heterocycles. The third-order valence-corrected chi connectivity index (χ3v) is 3.81. The maximum atomic E-state index is 5.46. The Kier molecular flexibility index (Phi) is 4.35. The van der Waals surface area contributed by atoms with Crippen LogP contribution < -0.4 is 21.5 Å². The van der Waals surface area contributed by atoms with Crippen molar-refractivity contribution < 1.29 is 4.74 Å². The van der Waals surface area contributed by atoms with Gasteiger partial charge < -0.3 is 15.0 Å². The smallest absolute Gasteiger partial charge is 0.243 e. The molecular formula is C13H23N7O. The van der Waals surface area contributed by atoms with Gasteiger partial charge in [-0.2, -0.15) is 15.0 Å². The number of anilines is 3. The molecule has 8 nitrogen and oxygen atoms in total. The average Bonchev–Trinajstić information content (AvgIpc) is 3.31. The van der Waals surface area contributed by atoms with E-state index in [4.69, 9.17) is 10.6 Å². The van der Waals surface area contributed by atoms with Gasteiger partial charge in [0.15, 0.2) is 0 Å². The van der Waals surface area contributed by atoms with Crippen LogP contribution in [-0.2, 0) is 4.74 Å². The fraction of sp³-hybridized carbons (Fsp3) is 0.769. The normalized spacial score (nSPS) is 20.2. The van der Waals surface area contributed by atoms with Crippen LogP contribution in [-0.4, -0.2) is 47.3 Å². The van der Waals surface area contributed by atoms with Crippen LogP contribution in [0.4, 0.5) is 17.8 Å². The number of nitrogen functional groups attached to an aromatic ring is 1. The first kappa shape index (κ1) is 14.3. The number of nitrogens with two attached hydrogens (primary N) is 1. The van der Waals surface area contributed by atoms with Crippen molar-refractivity contribution in [2.45, 2.75) is 32.2 Å². The minimum atomic E-state index is 0.350. The fourth-order valence-corrected chi connectivity index (χ4v) is 2.53. The van der Waals surface area contributed by atoms with E-state index < -0.39 is 0 Å². The van der Waals surface area contributed by atoms with Crippen LogP contribution in [0.15, 0.2) is 0 Å². The molecule has 0 spiro atoms. The Bertz CT molecular complexity index is 474. The molecule has 1 unspecified atom stereocenters. The first-order valence-electron chi connectivity index (χ1n) is 7.56. The Morgan fingerprint density at radius 3 is 2.62 bits per heavy atom. The van der Waals surface area contributed by atoms with Crippen molar-refractivity contribution >= 4 is 17.8 Å². The van der Waals surface area contributed by atoms with E-state index in [0.717, 1.165) is 25.4 Å². The fourth-order valence-electron chi connectivity index (χ4n) is 2.53. The van der Waals surface area contributed by atoms with E-state index in [2.05, 4.69) is 37.5 Å². The van der Waals surface area contributed by atoms with Gasteiger partial charge in [0.25, 0.3) is 0 Å². The van der Waals surface area contributed by atoms with Crippen molar-refractivity contribution in [1.82, 2.24) is 15.0 Å². The zero-order valence-corrected chi connectivity index (χ0v) is 12.4. The minimum absolute atomic E-state index is 0.350. The maximum absolute atomic E-state index is 5.46. The Hall–Kier alpha value is -1.67. The molecule has 1 aliphatic carbocycles. The summed E-state index contributed by atoms with van der Waals surface area (Å²) in [6.45, 7) is 5.11. The van der Waals surface area contributed by atoms with Crippen LogP contribution in [0.25, 0.3) is 0 Å². The molecule has 1 saturated carbocycles. The minimum Gasteiger partial charge on any atom is -0.378 e. The predicted molar refractivity (Wildman–Crippen MR) is 81.1 cm³/mol. The number of hydrogen-bond acceptors (Lipinski definition) is 8. The lowest BCUT2D eigenvalue weighted by molar-refractivity contribution is 0.122. The second kappa shape index (κ2) is 6.40. The number of nitrogens with one attached hydrogen (secondary N) is 2. The molecular weight excluding hydrogens is 270 g/mol. The average molecular weight is 293 g/mol. The maximum Gasteiger partial charge on any atom is 0.243 e. The molecule has 2 aliphatic rings. The van der Waals surface area contributed by atoms with Gasteiger partial charge in [0.05, 0.1) is 13.2 Å². The highest BCUT2D eigenvalue weighted by atomic mass is 16.5. The van der Waals surface area contributed by atoms with E-state index in [1.165, 1.54) is 12.8 Å². The van der Waals surface area contributed by atoms with Crippen molar-refractivity contribution in [3.05, 3.63) is 0 Å². The molecule has 0 amide bonds. The standard InChI is InChI=1S/C13H23N7O/c1-9(8-10-2-3-10)15-11-16-12(19-14)18-13(17-11)20-4-6-21-7-5-20/h9-10H,2-8,14H2,1H3,(H2,15,16,17,18,19). The summed E-state index contributed by atoms with van der Waals surface area (Å²) in [7, 11) is 0. The zero-order valence-electron chi connectivity index (χ0n) is 12.4. The van der Waals surface area contributed by atoms with Gasteiger partial charge in [-0.1, -0.05) is 12.8 Å². The molecule has 4 N–H and O–H groups in total. The highest BCUT2D eigenvalue weighted by Gasteiger charge is 2.24. The van der Waals surface area contributed by atoms with E-state index in [-0.39, 0.29) is 0 Å². The van der Waals surface area contributed by atoms with Gasteiger partial charge in [0.2, 0.25) is 17.8 Å². The Morgan fingerprint density at radius 2 is 1.95 bits per heavy atom. The van der Waals surface area contributed by atoms with Crippen LogP contribution in [0.1, 0.15) is 26.2 Å². The molecule has 8 heteroatoms. The number of hydrogen-bond donors (Lipinski definition) is 3. The molecule has 3 rings (SSSR count). The third-order valence-electron chi connectivity index (χ3n) is 3.81. The Labute approximate surface area is 124 Å². The Balaban J connectivity index is 1.71. The molecule has 0 radical (unpaired) electrons. The summed E-state index contributed by atoms with van der Waals surface area (Å²) >= 11 is 0. The van der Waals surface area contributed by atoms with Crippen LogP contribution in [0, 0.1) is 5.92 Å². The van der Waals surface area contributed by atoms with E-state index in [1.807, 2.05) is 0 Å². The topological polar surface area (TPSA) is 101 Å². The van der Waals surface area contributed by atoms with Crippen LogP contribution in [0.2, 0.25) is 0 Å². The van der Waals surface area contributed by atoms with E-state index in [1.54, 1.807) is 0 Å². The molecule has 0 bridgehead atoms. The summed E-state index contributed by atoms with van der Waals surface area (Å²) in [5.74, 6) is 7.93. The molecule has 0 aromatic carbocycles. The number of aromatic nitrogens is 3. The third kappa shape index (κ3) is 3.92. The summed E-state index contributed by atoms with van der Waals surface area (Å²) in [5.41, 5.74) is 2.51. The first-order valence-corrected chi connectivity index (χ1v) is 7.56. The van der Waals surface area contributed by atoms with Crippen LogP contribution >= 0.6 is 0 Å². The van der Waals surface area contributed by atoms with Crippen molar-refractivity contribution in [2.24, 2.45) is 11.8 Å². The van der Waals surface area contributed by atoms with Gasteiger partial charge in [-0.15, -0.1) is 0 Å². The lowest BCUT2D eigenvalue weighted by atomic mass is 10.2. The summed E-state index contributed by atoms with van der Waals surface area (Å²) in [6, 6.07) is 0.350. The predicted octanol–water partition coefficient (Wildman–Crippen LogP) is 0.594. The van der Waals surface area contributed by atoms with Gasteiger partial charge in [0.1, 0.15) is 0 Å². The lowest BCUT2D eigenvalue weighted by Crippen LogP contribution is -2.37. The summed E-state index contributed by atoms with van der Waals surface area (Å²) in [5, 5.41) is 3.35. The largest absolute Gasteiger partial charge is 0.378 e. The molecule has 1 aromatic rings. The zero-order chi connectivity index (χ0) is 14.7. The highest BCUT2D eigenvalue weighted by molar-refractivity contribution is 5.43. The molecule has 1 aliphatic heterocycles. The van der Waals surface area contributed by atoms with Crippen LogP contribution in [0.5, 0.6) is 0 Å². The number of hydrazine groups is 1. The lowest BCUT2D eigenvalue weighted by Gasteiger charge is -2.27. The molecule has 1 atom stereocenters. The summed E-state index contributed by atoms with van der Waals surface area (Å²) in [4.78, 5) is 15.2. The molecule has 2 heterocycles. The number of rotatable bonds is 6. The molecule has 21 heavy (non-hydrogen) atoms. The molecule has 116 valence electrons.